The first-order valence-corrected chi connectivity index (χ1v) is 15.6. The highest BCUT2D eigenvalue weighted by molar-refractivity contribution is 6.11. The maximum atomic E-state index is 6.24. The molecule has 3 aromatic heterocycles. The zero-order valence-electron chi connectivity index (χ0n) is 25.2. The van der Waals surface area contributed by atoms with Gasteiger partial charge < -0.3 is 4.42 Å². The number of para-hydroxylation sites is 1. The number of furan rings is 1. The van der Waals surface area contributed by atoms with Gasteiger partial charge in [-0.3, -0.25) is 0 Å². The molecule has 6 aromatic carbocycles. The third-order valence-electron chi connectivity index (χ3n) is 8.52. The van der Waals surface area contributed by atoms with Crippen LogP contribution in [-0.2, 0) is 0 Å². The molecular weight excluding hydrogens is 576 g/mol. The molecule has 0 aliphatic rings. The van der Waals surface area contributed by atoms with Gasteiger partial charge in [0, 0.05) is 38.4 Å². The number of rotatable bonds is 5. The Hall–Kier alpha value is -6.46. The minimum Gasteiger partial charge on any atom is -0.456 e. The van der Waals surface area contributed by atoms with E-state index < -0.39 is 0 Å². The second kappa shape index (κ2) is 11.2. The van der Waals surface area contributed by atoms with Gasteiger partial charge in [0.15, 0.2) is 17.5 Å². The maximum Gasteiger partial charge on any atom is 0.166 e. The second-order valence-electron chi connectivity index (χ2n) is 11.5. The van der Waals surface area contributed by atoms with Crippen LogP contribution in [0.15, 0.2) is 162 Å². The molecule has 0 N–H and O–H groups in total. The summed E-state index contributed by atoms with van der Waals surface area (Å²) in [5.74, 6) is 1.72. The van der Waals surface area contributed by atoms with Gasteiger partial charge in [-0.2, -0.15) is 0 Å². The fourth-order valence-electron chi connectivity index (χ4n) is 6.27. The lowest BCUT2D eigenvalue weighted by atomic mass is 9.98. The summed E-state index contributed by atoms with van der Waals surface area (Å²) in [7, 11) is 0. The molecule has 5 nitrogen and oxygen atoms in total. The fourth-order valence-corrected chi connectivity index (χ4v) is 6.27. The van der Waals surface area contributed by atoms with Crippen LogP contribution in [0.3, 0.4) is 0 Å². The standard InChI is InChI=1S/C42H26N4O/c1-4-13-27(14-5-1)31-25-30-23-24-35(28-15-6-2-7-16-28)43-39(30)34(26-31)42-45-40(29-17-8-3-9-18-29)44-41(46-42)33-20-12-22-37-38(33)32-19-10-11-21-36(32)47-37/h1-26H. The molecule has 220 valence electrons. The van der Waals surface area contributed by atoms with Gasteiger partial charge in [0.25, 0.3) is 0 Å². The molecule has 0 atom stereocenters. The lowest BCUT2D eigenvalue weighted by Crippen LogP contribution is -2.01. The van der Waals surface area contributed by atoms with E-state index >= 15 is 0 Å². The lowest BCUT2D eigenvalue weighted by Gasteiger charge is -2.13. The molecule has 3 heterocycles. The Morgan fingerprint density at radius 2 is 1.00 bits per heavy atom. The highest BCUT2D eigenvalue weighted by Gasteiger charge is 2.20. The van der Waals surface area contributed by atoms with Gasteiger partial charge in [-0.1, -0.05) is 127 Å². The molecule has 0 amide bonds. The molecule has 9 aromatic rings. The molecule has 0 bridgehead atoms. The summed E-state index contributed by atoms with van der Waals surface area (Å²) in [6.45, 7) is 0. The minimum atomic E-state index is 0.555. The third kappa shape index (κ3) is 4.82. The molecule has 0 unspecified atom stereocenters. The number of pyridine rings is 1. The lowest BCUT2D eigenvalue weighted by molar-refractivity contribution is 0.669. The molecule has 0 aliphatic carbocycles. The second-order valence-corrected chi connectivity index (χ2v) is 11.5. The van der Waals surface area contributed by atoms with E-state index in [4.69, 9.17) is 24.4 Å². The van der Waals surface area contributed by atoms with Gasteiger partial charge in [0.2, 0.25) is 0 Å². The Kier molecular flexibility index (Phi) is 6.39. The average Bonchev–Trinajstić information content (AvgIpc) is 3.54. The van der Waals surface area contributed by atoms with Gasteiger partial charge in [-0.05, 0) is 41.5 Å². The van der Waals surface area contributed by atoms with Gasteiger partial charge in [-0.15, -0.1) is 0 Å². The van der Waals surface area contributed by atoms with Crippen molar-refractivity contribution in [2.45, 2.75) is 0 Å². The topological polar surface area (TPSA) is 64.7 Å². The van der Waals surface area contributed by atoms with Gasteiger partial charge >= 0.3 is 0 Å². The molecule has 0 fully saturated rings. The van der Waals surface area contributed by atoms with Gasteiger partial charge in [0.05, 0.1) is 11.2 Å². The summed E-state index contributed by atoms with van der Waals surface area (Å²) in [6.07, 6.45) is 0. The number of fused-ring (bicyclic) bond motifs is 4. The van der Waals surface area contributed by atoms with Crippen LogP contribution in [0.25, 0.3) is 89.4 Å². The van der Waals surface area contributed by atoms with Crippen molar-refractivity contribution >= 4 is 32.8 Å². The van der Waals surface area contributed by atoms with Crippen LogP contribution >= 0.6 is 0 Å². The van der Waals surface area contributed by atoms with E-state index in [2.05, 4.69) is 72.8 Å². The van der Waals surface area contributed by atoms with Crippen molar-refractivity contribution in [3.63, 3.8) is 0 Å². The van der Waals surface area contributed by atoms with Gasteiger partial charge in [-0.25, -0.2) is 19.9 Å². The van der Waals surface area contributed by atoms with Crippen LogP contribution in [0.5, 0.6) is 0 Å². The summed E-state index contributed by atoms with van der Waals surface area (Å²) in [6, 6.07) is 53.4. The number of nitrogens with zero attached hydrogens (tertiary/aromatic N) is 4. The summed E-state index contributed by atoms with van der Waals surface area (Å²) < 4.78 is 6.24. The Labute approximate surface area is 270 Å². The van der Waals surface area contributed by atoms with Crippen molar-refractivity contribution in [1.82, 2.24) is 19.9 Å². The monoisotopic (exact) mass is 602 g/mol. The molecule has 47 heavy (non-hydrogen) atoms. The highest BCUT2D eigenvalue weighted by Crippen LogP contribution is 2.38. The third-order valence-corrected chi connectivity index (χ3v) is 8.52. The first kappa shape index (κ1) is 26.9. The number of hydrogen-bond acceptors (Lipinski definition) is 5. The molecule has 0 radical (unpaired) electrons. The minimum absolute atomic E-state index is 0.555. The highest BCUT2D eigenvalue weighted by atomic mass is 16.3. The van der Waals surface area contributed by atoms with E-state index in [0.717, 1.165) is 71.9 Å². The summed E-state index contributed by atoms with van der Waals surface area (Å²) in [5.41, 5.74) is 9.18. The van der Waals surface area contributed by atoms with Crippen molar-refractivity contribution < 1.29 is 4.42 Å². The summed E-state index contributed by atoms with van der Waals surface area (Å²) in [5, 5.41) is 3.01. The molecule has 0 aliphatic heterocycles. The van der Waals surface area contributed by atoms with E-state index in [9.17, 15) is 0 Å². The first-order chi connectivity index (χ1) is 23.3. The Bertz CT molecular complexity index is 2560. The zero-order valence-corrected chi connectivity index (χ0v) is 25.2. The number of hydrogen-bond donors (Lipinski definition) is 0. The van der Waals surface area contributed by atoms with Crippen LogP contribution < -0.4 is 0 Å². The SMILES string of the molecule is c1ccc(-c2cc(-c3nc(-c4ccccc4)nc(-c4cccc5oc6ccccc6c45)n3)c3nc(-c4ccccc4)ccc3c2)cc1. The van der Waals surface area contributed by atoms with Crippen molar-refractivity contribution in [3.05, 3.63) is 158 Å². The molecule has 5 heteroatoms. The zero-order chi connectivity index (χ0) is 31.2. The maximum absolute atomic E-state index is 6.24. The summed E-state index contributed by atoms with van der Waals surface area (Å²) >= 11 is 0. The van der Waals surface area contributed by atoms with Crippen molar-refractivity contribution in [2.24, 2.45) is 0 Å². The number of benzene rings is 6. The van der Waals surface area contributed by atoms with Crippen LogP contribution in [0.2, 0.25) is 0 Å². The first-order valence-electron chi connectivity index (χ1n) is 15.6. The number of aromatic nitrogens is 4. The van der Waals surface area contributed by atoms with Crippen LogP contribution in [0.1, 0.15) is 0 Å². The predicted octanol–water partition coefficient (Wildman–Crippen LogP) is 10.7. The molecule has 0 saturated heterocycles. The molecule has 9 rings (SSSR count). The smallest absolute Gasteiger partial charge is 0.166 e. The van der Waals surface area contributed by atoms with E-state index in [0.29, 0.717) is 17.5 Å². The predicted molar refractivity (Wildman–Crippen MR) is 190 cm³/mol. The summed E-state index contributed by atoms with van der Waals surface area (Å²) in [4.78, 5) is 20.7. The Morgan fingerprint density at radius 3 is 1.77 bits per heavy atom. The molecule has 0 spiro atoms. The van der Waals surface area contributed by atoms with Crippen LogP contribution in [0, 0.1) is 0 Å². The van der Waals surface area contributed by atoms with Crippen LogP contribution in [0.4, 0.5) is 0 Å². The largest absolute Gasteiger partial charge is 0.456 e. The van der Waals surface area contributed by atoms with E-state index in [1.807, 2.05) is 84.9 Å². The van der Waals surface area contributed by atoms with Crippen molar-refractivity contribution in [3.8, 4) is 56.5 Å². The van der Waals surface area contributed by atoms with E-state index in [1.165, 1.54) is 0 Å². The molecule has 0 saturated carbocycles. The fraction of sp³-hybridized carbons (Fsp3) is 0. The van der Waals surface area contributed by atoms with E-state index in [-0.39, 0.29) is 0 Å². The average molecular weight is 603 g/mol. The van der Waals surface area contributed by atoms with Crippen molar-refractivity contribution in [2.75, 3.05) is 0 Å². The Balaban J connectivity index is 1.35. The van der Waals surface area contributed by atoms with Crippen LogP contribution in [-0.4, -0.2) is 19.9 Å². The quantitative estimate of drug-likeness (QED) is 0.196. The van der Waals surface area contributed by atoms with Gasteiger partial charge in [0.1, 0.15) is 11.2 Å². The van der Waals surface area contributed by atoms with E-state index in [1.54, 1.807) is 0 Å². The normalized spacial score (nSPS) is 11.4. The van der Waals surface area contributed by atoms with Crippen molar-refractivity contribution in [1.29, 1.82) is 0 Å². The Morgan fingerprint density at radius 1 is 0.383 bits per heavy atom. The molecular formula is C42H26N4O.